The van der Waals surface area contributed by atoms with Gasteiger partial charge in [-0.1, -0.05) is 6.92 Å². The van der Waals surface area contributed by atoms with Crippen molar-refractivity contribution in [3.8, 4) is 0 Å². The molecule has 0 aliphatic rings. The Morgan fingerprint density at radius 3 is 2.15 bits per heavy atom. The zero-order valence-corrected chi connectivity index (χ0v) is 9.31. The highest BCUT2D eigenvalue weighted by Gasteiger charge is 1.90. The molecule has 0 rings (SSSR count). The van der Waals surface area contributed by atoms with E-state index >= 15 is 0 Å². The summed E-state index contributed by atoms with van der Waals surface area (Å²) in [6.07, 6.45) is 4.45. The first-order valence-corrected chi connectivity index (χ1v) is 5.66. The maximum Gasteiger partial charge on any atom is 0.0700 e. The molecule has 2 nitrogen and oxygen atoms in total. The summed E-state index contributed by atoms with van der Waals surface area (Å²) in [7, 11) is 0. The normalized spacial score (nSPS) is 10.6. The Labute approximate surface area is 86.6 Å². The van der Waals surface area contributed by atoms with E-state index in [2.05, 4.69) is 6.92 Å². The molecule has 0 aliphatic heterocycles. The quantitative estimate of drug-likeness (QED) is 0.406. The van der Waals surface area contributed by atoms with Crippen LogP contribution in [0.5, 0.6) is 0 Å². The average Bonchev–Trinajstić information content (AvgIpc) is 2.16. The SMILES string of the molecule is CCCOCCOCCCCCCl. The third-order valence-electron chi connectivity index (χ3n) is 1.64. The molecule has 3 heteroatoms. The van der Waals surface area contributed by atoms with Crippen LogP contribution in [0.1, 0.15) is 32.6 Å². The molecule has 13 heavy (non-hydrogen) atoms. The molecule has 0 saturated carbocycles. The summed E-state index contributed by atoms with van der Waals surface area (Å²) in [5.74, 6) is 0.764. The van der Waals surface area contributed by atoms with E-state index in [1.165, 1.54) is 6.42 Å². The summed E-state index contributed by atoms with van der Waals surface area (Å²) < 4.78 is 10.6. The molecule has 0 aromatic rings. The highest BCUT2D eigenvalue weighted by Crippen LogP contribution is 1.97. The van der Waals surface area contributed by atoms with E-state index in [0.717, 1.165) is 51.6 Å². The molecule has 0 atom stereocenters. The van der Waals surface area contributed by atoms with Crippen molar-refractivity contribution in [1.82, 2.24) is 0 Å². The van der Waals surface area contributed by atoms with Gasteiger partial charge in [0.2, 0.25) is 0 Å². The maximum atomic E-state index is 5.54. The molecular weight excluding hydrogens is 188 g/mol. The van der Waals surface area contributed by atoms with Gasteiger partial charge in [0.25, 0.3) is 0 Å². The van der Waals surface area contributed by atoms with Gasteiger partial charge in [0, 0.05) is 19.1 Å². The zero-order valence-electron chi connectivity index (χ0n) is 8.56. The van der Waals surface area contributed by atoms with Gasteiger partial charge in [-0.2, -0.15) is 0 Å². The lowest BCUT2D eigenvalue weighted by molar-refractivity contribution is 0.0466. The highest BCUT2D eigenvalue weighted by atomic mass is 35.5. The van der Waals surface area contributed by atoms with Gasteiger partial charge in [-0.15, -0.1) is 11.6 Å². The van der Waals surface area contributed by atoms with Crippen LogP contribution < -0.4 is 0 Å². The molecule has 0 bridgehead atoms. The fourth-order valence-corrected chi connectivity index (χ4v) is 1.13. The van der Waals surface area contributed by atoms with Gasteiger partial charge in [0.05, 0.1) is 13.2 Å². The molecule has 80 valence electrons. The van der Waals surface area contributed by atoms with E-state index in [0.29, 0.717) is 0 Å². The number of rotatable bonds is 10. The van der Waals surface area contributed by atoms with E-state index in [1.54, 1.807) is 0 Å². The van der Waals surface area contributed by atoms with E-state index in [1.807, 2.05) is 0 Å². The van der Waals surface area contributed by atoms with E-state index in [9.17, 15) is 0 Å². The van der Waals surface area contributed by atoms with Gasteiger partial charge in [0.1, 0.15) is 0 Å². The monoisotopic (exact) mass is 208 g/mol. The number of alkyl halides is 1. The minimum atomic E-state index is 0.723. The first-order valence-electron chi connectivity index (χ1n) is 5.13. The molecule has 0 aromatic carbocycles. The standard InChI is InChI=1S/C10H21ClO2/c1-2-7-12-9-10-13-8-5-3-4-6-11/h2-10H2,1H3. The molecule has 0 heterocycles. The Kier molecular flexibility index (Phi) is 12.4. The molecule has 0 unspecified atom stereocenters. The van der Waals surface area contributed by atoms with Crippen LogP contribution in [-0.2, 0) is 9.47 Å². The summed E-state index contributed by atoms with van der Waals surface area (Å²) in [6.45, 7) is 5.24. The van der Waals surface area contributed by atoms with Gasteiger partial charge in [0.15, 0.2) is 0 Å². The van der Waals surface area contributed by atoms with Gasteiger partial charge in [-0.25, -0.2) is 0 Å². The second kappa shape index (κ2) is 12.2. The molecule has 0 saturated heterocycles. The Balaban J connectivity index is 2.76. The predicted molar refractivity (Wildman–Crippen MR) is 56.5 cm³/mol. The largest absolute Gasteiger partial charge is 0.379 e. The van der Waals surface area contributed by atoms with Crippen LogP contribution >= 0.6 is 11.6 Å². The van der Waals surface area contributed by atoms with E-state index in [4.69, 9.17) is 21.1 Å². The number of halogens is 1. The molecule has 0 amide bonds. The number of ether oxygens (including phenoxy) is 2. The van der Waals surface area contributed by atoms with E-state index < -0.39 is 0 Å². The fraction of sp³-hybridized carbons (Fsp3) is 1.00. The topological polar surface area (TPSA) is 18.5 Å². The highest BCUT2D eigenvalue weighted by molar-refractivity contribution is 6.17. The van der Waals surface area contributed by atoms with Crippen LogP contribution in [0.4, 0.5) is 0 Å². The van der Waals surface area contributed by atoms with Gasteiger partial charge < -0.3 is 9.47 Å². The minimum Gasteiger partial charge on any atom is -0.379 e. The number of hydrogen-bond acceptors (Lipinski definition) is 2. The molecule has 0 radical (unpaired) electrons. The van der Waals surface area contributed by atoms with Crippen molar-refractivity contribution in [1.29, 1.82) is 0 Å². The Morgan fingerprint density at radius 2 is 1.54 bits per heavy atom. The summed E-state index contributed by atoms with van der Waals surface area (Å²) in [5, 5.41) is 0. The van der Waals surface area contributed by atoms with Crippen molar-refractivity contribution in [2.45, 2.75) is 32.6 Å². The third kappa shape index (κ3) is 12.2. The number of hydrogen-bond donors (Lipinski definition) is 0. The first kappa shape index (κ1) is 13.2. The van der Waals surface area contributed by atoms with Crippen LogP contribution in [0, 0.1) is 0 Å². The maximum absolute atomic E-state index is 5.54. The Bertz CT molecular complexity index is 79.0. The van der Waals surface area contributed by atoms with Crippen molar-refractivity contribution >= 4 is 11.6 Å². The van der Waals surface area contributed by atoms with Gasteiger partial charge in [-0.3, -0.25) is 0 Å². The van der Waals surface area contributed by atoms with Crippen molar-refractivity contribution in [2.75, 3.05) is 32.3 Å². The van der Waals surface area contributed by atoms with Crippen molar-refractivity contribution in [2.24, 2.45) is 0 Å². The Hall–Kier alpha value is 0.210. The van der Waals surface area contributed by atoms with Crippen LogP contribution in [0.3, 0.4) is 0 Å². The van der Waals surface area contributed by atoms with Crippen LogP contribution in [0.15, 0.2) is 0 Å². The molecule has 0 aliphatic carbocycles. The lowest BCUT2D eigenvalue weighted by Gasteiger charge is -2.04. The van der Waals surface area contributed by atoms with Crippen LogP contribution in [0.25, 0.3) is 0 Å². The summed E-state index contributed by atoms with van der Waals surface area (Å²) >= 11 is 5.54. The van der Waals surface area contributed by atoms with Gasteiger partial charge >= 0.3 is 0 Å². The van der Waals surface area contributed by atoms with Crippen LogP contribution in [0.2, 0.25) is 0 Å². The smallest absolute Gasteiger partial charge is 0.0700 e. The van der Waals surface area contributed by atoms with Crippen molar-refractivity contribution < 1.29 is 9.47 Å². The second-order valence-electron chi connectivity index (χ2n) is 2.97. The summed E-state index contributed by atoms with van der Waals surface area (Å²) in [5.41, 5.74) is 0. The molecule has 0 fully saturated rings. The van der Waals surface area contributed by atoms with Crippen molar-refractivity contribution in [3.05, 3.63) is 0 Å². The lowest BCUT2D eigenvalue weighted by atomic mass is 10.3. The fourth-order valence-electron chi connectivity index (χ4n) is 0.942. The van der Waals surface area contributed by atoms with Crippen molar-refractivity contribution in [3.63, 3.8) is 0 Å². The molecule has 0 spiro atoms. The molecule has 0 N–H and O–H groups in total. The second-order valence-corrected chi connectivity index (χ2v) is 3.35. The summed E-state index contributed by atoms with van der Waals surface area (Å²) in [4.78, 5) is 0. The third-order valence-corrected chi connectivity index (χ3v) is 1.91. The minimum absolute atomic E-state index is 0.723. The zero-order chi connectivity index (χ0) is 9.78. The first-order chi connectivity index (χ1) is 6.41. The van der Waals surface area contributed by atoms with Gasteiger partial charge in [-0.05, 0) is 25.7 Å². The number of unbranched alkanes of at least 4 members (excludes halogenated alkanes) is 2. The molecular formula is C10H21ClO2. The summed E-state index contributed by atoms with van der Waals surface area (Å²) in [6, 6.07) is 0. The Morgan fingerprint density at radius 1 is 0.846 bits per heavy atom. The lowest BCUT2D eigenvalue weighted by Crippen LogP contribution is -2.05. The predicted octanol–water partition coefficient (Wildman–Crippen LogP) is 2.84. The average molecular weight is 209 g/mol. The van der Waals surface area contributed by atoms with E-state index in [-0.39, 0.29) is 0 Å². The molecule has 0 aromatic heterocycles. The van der Waals surface area contributed by atoms with Crippen LogP contribution in [-0.4, -0.2) is 32.3 Å².